The maximum absolute atomic E-state index is 6.88. The summed E-state index contributed by atoms with van der Waals surface area (Å²) >= 11 is 0. The molecule has 0 bridgehead atoms. The van der Waals surface area contributed by atoms with E-state index in [4.69, 9.17) is 9.72 Å². The second kappa shape index (κ2) is 17.6. The van der Waals surface area contributed by atoms with E-state index >= 15 is 0 Å². The number of para-hydroxylation sites is 3. The van der Waals surface area contributed by atoms with Gasteiger partial charge in [-0.1, -0.05) is 172 Å². The molecule has 5 nitrogen and oxygen atoms in total. The Hall–Kier alpha value is -6.42. The second-order valence-corrected chi connectivity index (χ2v) is 21.2. The third-order valence-corrected chi connectivity index (χ3v) is 13.8. The second-order valence-electron chi connectivity index (χ2n) is 21.2. The van der Waals surface area contributed by atoms with Crippen LogP contribution in [0.15, 0.2) is 170 Å². The summed E-state index contributed by atoms with van der Waals surface area (Å²) in [6, 6.07) is 66.3. The predicted octanol–water partition coefficient (Wildman–Crippen LogP) is 16.2. The van der Waals surface area contributed by atoms with Crippen molar-refractivity contribution in [2.45, 2.75) is 90.9 Å². The van der Waals surface area contributed by atoms with Gasteiger partial charge in [0.2, 0.25) is 0 Å². The summed E-state index contributed by atoms with van der Waals surface area (Å²) in [5.41, 5.74) is 12.8. The molecule has 2 aromatic heterocycles. The Labute approximate surface area is 417 Å². The number of rotatable bonds is 9. The molecule has 68 heavy (non-hydrogen) atoms. The number of aromatic nitrogens is 2. The molecule has 0 unspecified atom stereocenters. The molecule has 10 rings (SSSR count). The largest absolute Gasteiger partial charge is 0.509 e. The molecule has 0 fully saturated rings. The van der Waals surface area contributed by atoms with Crippen LogP contribution in [0.2, 0.25) is 0 Å². The zero-order chi connectivity index (χ0) is 46.9. The molecule has 346 valence electrons. The van der Waals surface area contributed by atoms with Crippen molar-refractivity contribution < 1.29 is 25.8 Å². The third kappa shape index (κ3) is 8.56. The first-order chi connectivity index (χ1) is 32.0. The van der Waals surface area contributed by atoms with E-state index in [2.05, 4.69) is 260 Å². The van der Waals surface area contributed by atoms with Gasteiger partial charge in [-0.3, -0.25) is 0 Å². The molecule has 0 radical (unpaired) electrons. The van der Waals surface area contributed by atoms with Crippen LogP contribution in [0.3, 0.4) is 0 Å². The van der Waals surface area contributed by atoms with Crippen LogP contribution in [0.5, 0.6) is 11.5 Å². The van der Waals surface area contributed by atoms with Crippen molar-refractivity contribution in [3.63, 3.8) is 0 Å². The van der Waals surface area contributed by atoms with Crippen molar-refractivity contribution in [2.75, 3.05) is 9.80 Å². The minimum absolute atomic E-state index is 0. The maximum Gasteiger partial charge on any atom is 0.135 e. The maximum atomic E-state index is 6.88. The molecule has 6 heteroatoms. The van der Waals surface area contributed by atoms with Gasteiger partial charge in [0.15, 0.2) is 0 Å². The number of benzene rings is 7. The van der Waals surface area contributed by atoms with Crippen LogP contribution in [-0.2, 0) is 42.7 Å². The van der Waals surface area contributed by atoms with Crippen LogP contribution in [0.1, 0.15) is 103 Å². The SMILES string of the molecule is CC(C)(C)c1cc(Oc2[c-]c3c(cc2)c2ccccc2n3-c2cc(C(C)(C)C)ccn2)[c-]c(N2[CH-]N(c3cc(C(C)(C)c4ccccc4)cc(C(C)(C)c4ccccc4)c3)c3ccccc32)c1.[Pt]. The number of fused-ring (bicyclic) bond motifs is 4. The summed E-state index contributed by atoms with van der Waals surface area (Å²) in [7, 11) is 0. The molecule has 0 amide bonds. The third-order valence-electron chi connectivity index (χ3n) is 13.8. The summed E-state index contributed by atoms with van der Waals surface area (Å²) in [6.07, 6.45) is 1.91. The van der Waals surface area contributed by atoms with Crippen LogP contribution in [0, 0.1) is 18.8 Å². The van der Waals surface area contributed by atoms with Crippen molar-refractivity contribution in [2.24, 2.45) is 0 Å². The Balaban J connectivity index is 0.00000578. The predicted molar refractivity (Wildman–Crippen MR) is 279 cm³/mol. The van der Waals surface area contributed by atoms with Gasteiger partial charge in [0.25, 0.3) is 0 Å². The van der Waals surface area contributed by atoms with E-state index in [1.807, 2.05) is 12.3 Å². The van der Waals surface area contributed by atoms with Crippen LogP contribution < -0.4 is 14.5 Å². The first kappa shape index (κ1) is 46.7. The number of hydrogen-bond donors (Lipinski definition) is 0. The summed E-state index contributed by atoms with van der Waals surface area (Å²) in [6.45, 7) is 25.0. The fourth-order valence-corrected chi connectivity index (χ4v) is 9.47. The average Bonchev–Trinajstić information content (AvgIpc) is 3.88. The number of ether oxygens (including phenoxy) is 1. The summed E-state index contributed by atoms with van der Waals surface area (Å²) in [5.74, 6) is 2.08. The topological polar surface area (TPSA) is 33.5 Å². The van der Waals surface area contributed by atoms with Gasteiger partial charge >= 0.3 is 0 Å². The van der Waals surface area contributed by atoms with Crippen LogP contribution in [0.25, 0.3) is 27.6 Å². The van der Waals surface area contributed by atoms with Crippen molar-refractivity contribution in [1.29, 1.82) is 0 Å². The molecular formula is C62H59N4OPt-3. The summed E-state index contributed by atoms with van der Waals surface area (Å²) < 4.78 is 9.09. The number of pyridine rings is 1. The van der Waals surface area contributed by atoms with Crippen molar-refractivity contribution >= 4 is 44.6 Å². The standard InChI is InChI=1S/C62H59N4O.Pt/c1-59(2,3)44-31-32-63-58(38-44)66-54-26-18-17-25-52(54)53-30-29-50(40-57(53)66)67-51-37-45(60(4,5)6)34-49(39-51)65-41-64(55-27-19-20-28-56(55)65)48-35-46(61(7,8)42-21-13-11-14-22-42)33-47(36-48)62(9,10)43-23-15-12-16-24-43;/h11-38,41H,1-10H3;/q-3;. The van der Waals surface area contributed by atoms with Crippen molar-refractivity contribution in [3.8, 4) is 17.3 Å². The van der Waals surface area contributed by atoms with Crippen LogP contribution in [-0.4, -0.2) is 9.55 Å². The van der Waals surface area contributed by atoms with E-state index < -0.39 is 0 Å². The zero-order valence-corrected chi connectivity index (χ0v) is 43.0. The van der Waals surface area contributed by atoms with Gasteiger partial charge in [-0.15, -0.1) is 53.6 Å². The molecule has 0 spiro atoms. The number of anilines is 4. The van der Waals surface area contributed by atoms with Gasteiger partial charge in [0.05, 0.1) is 0 Å². The summed E-state index contributed by atoms with van der Waals surface area (Å²) in [4.78, 5) is 9.49. The number of hydrogen-bond acceptors (Lipinski definition) is 4. The van der Waals surface area contributed by atoms with Crippen LogP contribution >= 0.6 is 0 Å². The molecule has 0 N–H and O–H groups in total. The molecule has 1 aliphatic heterocycles. The molecule has 1 aliphatic rings. The first-order valence-corrected chi connectivity index (χ1v) is 23.4. The fraction of sp³-hybridized carbons (Fsp3) is 0.226. The molecule has 0 saturated carbocycles. The zero-order valence-electron chi connectivity index (χ0n) is 40.8. The van der Waals surface area contributed by atoms with Crippen molar-refractivity contribution in [1.82, 2.24) is 9.55 Å². The smallest absolute Gasteiger partial charge is 0.135 e. The Morgan fingerprint density at radius 2 is 1.04 bits per heavy atom. The molecule has 9 aromatic rings. The van der Waals surface area contributed by atoms with Gasteiger partial charge in [-0.2, -0.15) is 6.07 Å². The molecule has 3 heterocycles. The van der Waals surface area contributed by atoms with Crippen molar-refractivity contribution in [3.05, 3.63) is 222 Å². The average molecular weight is 1070 g/mol. The first-order valence-electron chi connectivity index (χ1n) is 23.4. The molecule has 0 atom stereocenters. The van der Waals surface area contributed by atoms with E-state index in [9.17, 15) is 0 Å². The van der Waals surface area contributed by atoms with Gasteiger partial charge in [-0.25, -0.2) is 4.98 Å². The van der Waals surface area contributed by atoms with E-state index in [0.717, 1.165) is 55.9 Å². The summed E-state index contributed by atoms with van der Waals surface area (Å²) in [5, 5.41) is 2.23. The Kier molecular flexibility index (Phi) is 12.1. The van der Waals surface area contributed by atoms with E-state index in [0.29, 0.717) is 11.5 Å². The minimum atomic E-state index is -0.264. The van der Waals surface area contributed by atoms with Gasteiger partial charge in [0.1, 0.15) is 5.82 Å². The Bertz CT molecular complexity index is 3210. The molecule has 0 aliphatic carbocycles. The Morgan fingerprint density at radius 1 is 0.471 bits per heavy atom. The van der Waals surface area contributed by atoms with E-state index in [1.165, 1.54) is 27.8 Å². The monoisotopic (exact) mass is 1070 g/mol. The molecule has 7 aromatic carbocycles. The normalized spacial score (nSPS) is 13.2. The number of nitrogens with zero attached hydrogens (tertiary/aromatic N) is 4. The van der Waals surface area contributed by atoms with Gasteiger partial charge < -0.3 is 19.1 Å². The fourth-order valence-electron chi connectivity index (χ4n) is 9.47. The molecular weight excluding hydrogens is 1010 g/mol. The van der Waals surface area contributed by atoms with E-state index in [1.54, 1.807) is 0 Å². The Morgan fingerprint density at radius 3 is 1.66 bits per heavy atom. The van der Waals surface area contributed by atoms with Gasteiger partial charge in [-0.05, 0) is 86.5 Å². The van der Waals surface area contributed by atoms with Crippen LogP contribution in [0.4, 0.5) is 22.7 Å². The minimum Gasteiger partial charge on any atom is -0.509 e. The molecule has 0 saturated heterocycles. The van der Waals surface area contributed by atoms with E-state index in [-0.39, 0.29) is 42.7 Å². The van der Waals surface area contributed by atoms with Gasteiger partial charge in [0, 0.05) is 72.2 Å². The quantitative estimate of drug-likeness (QED) is 0.135.